The van der Waals surface area contributed by atoms with Crippen LogP contribution in [0.1, 0.15) is 23.2 Å². The second kappa shape index (κ2) is 6.02. The van der Waals surface area contributed by atoms with Crippen molar-refractivity contribution in [1.29, 1.82) is 5.26 Å². The number of nitrogens with zero attached hydrogens (tertiary/aromatic N) is 2. The van der Waals surface area contributed by atoms with Crippen molar-refractivity contribution in [1.82, 2.24) is 4.98 Å². The smallest absolute Gasteiger partial charge is 0.403 e. The van der Waals surface area contributed by atoms with Crippen molar-refractivity contribution < 1.29 is 26.7 Å². The van der Waals surface area contributed by atoms with E-state index in [0.29, 0.717) is 6.20 Å². The van der Waals surface area contributed by atoms with Gasteiger partial charge in [-0.25, -0.2) is 8.78 Å². The molecule has 1 aromatic rings. The molecule has 0 aliphatic carbocycles. The molecule has 3 nitrogen and oxygen atoms in total. The molecule has 0 atom stereocenters. The van der Waals surface area contributed by atoms with Crippen molar-refractivity contribution in [2.75, 3.05) is 0 Å². The molecule has 0 spiro atoms. The average Bonchev–Trinajstić information content (AvgIpc) is 2.29. The van der Waals surface area contributed by atoms with Crippen LogP contribution in [-0.4, -0.2) is 11.3 Å². The van der Waals surface area contributed by atoms with Gasteiger partial charge >= 0.3 is 6.36 Å². The van der Waals surface area contributed by atoms with E-state index >= 15 is 0 Å². The molecule has 0 radical (unpaired) electrons. The predicted octanol–water partition coefficient (Wildman–Crippen LogP) is 3.72. The third kappa shape index (κ3) is 3.92. The van der Waals surface area contributed by atoms with Crippen LogP contribution in [-0.2, 0) is 12.3 Å². The van der Waals surface area contributed by atoms with Crippen molar-refractivity contribution in [3.05, 3.63) is 23.0 Å². The number of alkyl halides is 6. The van der Waals surface area contributed by atoms with Crippen LogP contribution in [0.2, 0.25) is 0 Å². The standard InChI is InChI=1S/C10H6ClF5N2O/c11-3-7-8(19-10(14,15)16)5(1-2-17)6(4-18-7)9(12)13/h4,9H,1,3H2. The third-order valence-electron chi connectivity index (χ3n) is 2.08. The topological polar surface area (TPSA) is 45.9 Å². The predicted molar refractivity (Wildman–Crippen MR) is 54.8 cm³/mol. The fourth-order valence-corrected chi connectivity index (χ4v) is 1.56. The molecule has 0 amide bonds. The molecule has 1 aromatic heterocycles. The van der Waals surface area contributed by atoms with E-state index in [0.717, 1.165) is 0 Å². The Hall–Kier alpha value is -1.62. The zero-order valence-corrected chi connectivity index (χ0v) is 9.90. The first-order valence-electron chi connectivity index (χ1n) is 4.77. The largest absolute Gasteiger partial charge is 0.573 e. The molecular weight excluding hydrogens is 295 g/mol. The highest BCUT2D eigenvalue weighted by molar-refractivity contribution is 6.17. The van der Waals surface area contributed by atoms with Crippen LogP contribution >= 0.6 is 11.6 Å². The second-order valence-electron chi connectivity index (χ2n) is 3.28. The molecule has 9 heteroatoms. The maximum Gasteiger partial charge on any atom is 0.573 e. The van der Waals surface area contributed by atoms with Crippen molar-refractivity contribution in [3.63, 3.8) is 0 Å². The van der Waals surface area contributed by atoms with Gasteiger partial charge in [-0.2, -0.15) is 5.26 Å². The van der Waals surface area contributed by atoms with Crippen LogP contribution < -0.4 is 4.74 Å². The first-order valence-corrected chi connectivity index (χ1v) is 5.31. The van der Waals surface area contributed by atoms with Crippen molar-refractivity contribution in [2.24, 2.45) is 0 Å². The summed E-state index contributed by atoms with van der Waals surface area (Å²) in [6.45, 7) is 0. The highest BCUT2D eigenvalue weighted by Gasteiger charge is 2.35. The third-order valence-corrected chi connectivity index (χ3v) is 2.33. The van der Waals surface area contributed by atoms with Crippen LogP contribution in [0.3, 0.4) is 0 Å². The van der Waals surface area contributed by atoms with Gasteiger partial charge in [0.15, 0.2) is 5.75 Å². The van der Waals surface area contributed by atoms with E-state index in [1.165, 1.54) is 6.07 Å². The maximum absolute atomic E-state index is 12.7. The number of pyridine rings is 1. The lowest BCUT2D eigenvalue weighted by atomic mass is 10.1. The molecule has 0 fully saturated rings. The minimum Gasteiger partial charge on any atom is -0.403 e. The van der Waals surface area contributed by atoms with Gasteiger partial charge in [0.2, 0.25) is 0 Å². The van der Waals surface area contributed by atoms with E-state index in [1.54, 1.807) is 0 Å². The highest BCUT2D eigenvalue weighted by atomic mass is 35.5. The Balaban J connectivity index is 3.44. The van der Waals surface area contributed by atoms with E-state index in [4.69, 9.17) is 16.9 Å². The lowest BCUT2D eigenvalue weighted by Crippen LogP contribution is -2.20. The van der Waals surface area contributed by atoms with Gasteiger partial charge in [0, 0.05) is 17.3 Å². The number of ether oxygens (including phenoxy) is 1. The summed E-state index contributed by atoms with van der Waals surface area (Å²) < 4.78 is 65.8. The van der Waals surface area contributed by atoms with Gasteiger partial charge in [-0.1, -0.05) is 0 Å². The number of aromatic nitrogens is 1. The zero-order valence-electron chi connectivity index (χ0n) is 9.14. The number of hydrogen-bond donors (Lipinski definition) is 0. The molecule has 0 bridgehead atoms. The zero-order chi connectivity index (χ0) is 14.6. The average molecular weight is 301 g/mol. The van der Waals surface area contributed by atoms with Crippen molar-refractivity contribution >= 4 is 11.6 Å². The summed E-state index contributed by atoms with van der Waals surface area (Å²) in [6.07, 6.45) is -8.14. The van der Waals surface area contributed by atoms with Gasteiger partial charge in [-0.15, -0.1) is 24.8 Å². The van der Waals surface area contributed by atoms with Gasteiger partial charge in [0.25, 0.3) is 6.43 Å². The number of rotatable bonds is 4. The Morgan fingerprint density at radius 1 is 1.42 bits per heavy atom. The van der Waals surface area contributed by atoms with Gasteiger partial charge in [-0.3, -0.25) is 4.98 Å². The Labute approximate surface area is 109 Å². The molecule has 0 saturated carbocycles. The van der Waals surface area contributed by atoms with E-state index in [9.17, 15) is 22.0 Å². The van der Waals surface area contributed by atoms with Crippen LogP contribution in [0, 0.1) is 11.3 Å². The molecule has 0 aliphatic heterocycles. The van der Waals surface area contributed by atoms with Crippen LogP contribution in [0.4, 0.5) is 22.0 Å². The molecule has 1 rings (SSSR count). The van der Waals surface area contributed by atoms with Gasteiger partial charge in [0.1, 0.15) is 0 Å². The van der Waals surface area contributed by atoms with Crippen LogP contribution in [0.25, 0.3) is 0 Å². The van der Waals surface area contributed by atoms with E-state index in [-0.39, 0.29) is 5.69 Å². The Bertz CT molecular complexity index is 498. The molecule has 0 saturated heterocycles. The minimum absolute atomic E-state index is 0.353. The molecule has 19 heavy (non-hydrogen) atoms. The fraction of sp³-hybridized carbons (Fsp3) is 0.400. The molecule has 0 aromatic carbocycles. The Morgan fingerprint density at radius 3 is 2.47 bits per heavy atom. The lowest BCUT2D eigenvalue weighted by Gasteiger charge is -2.17. The van der Waals surface area contributed by atoms with E-state index in [1.807, 2.05) is 0 Å². The molecule has 1 heterocycles. The quantitative estimate of drug-likeness (QED) is 0.629. The van der Waals surface area contributed by atoms with Crippen LogP contribution in [0.15, 0.2) is 6.20 Å². The van der Waals surface area contributed by atoms with E-state index < -0.39 is 42.0 Å². The fourth-order valence-electron chi connectivity index (χ4n) is 1.37. The monoisotopic (exact) mass is 300 g/mol. The minimum atomic E-state index is -5.09. The SMILES string of the molecule is N#CCc1c(C(F)F)cnc(CCl)c1OC(F)(F)F. The summed E-state index contributed by atoms with van der Waals surface area (Å²) in [5, 5.41) is 8.53. The summed E-state index contributed by atoms with van der Waals surface area (Å²) in [4.78, 5) is 3.40. The molecule has 0 N–H and O–H groups in total. The summed E-state index contributed by atoms with van der Waals surface area (Å²) in [5.41, 5.74) is -1.69. The number of halogens is 6. The second-order valence-corrected chi connectivity index (χ2v) is 3.55. The lowest BCUT2D eigenvalue weighted by molar-refractivity contribution is -0.275. The summed E-state index contributed by atoms with van der Waals surface area (Å²) in [5.74, 6) is -1.39. The van der Waals surface area contributed by atoms with Crippen molar-refractivity contribution in [3.8, 4) is 11.8 Å². The van der Waals surface area contributed by atoms with Gasteiger partial charge in [0.05, 0.1) is 24.1 Å². The highest BCUT2D eigenvalue weighted by Crippen LogP contribution is 2.35. The van der Waals surface area contributed by atoms with Gasteiger partial charge < -0.3 is 4.74 Å². The molecule has 104 valence electrons. The Morgan fingerprint density at radius 2 is 2.05 bits per heavy atom. The first-order chi connectivity index (χ1) is 8.80. The number of nitriles is 1. The Kier molecular flexibility index (Phi) is 4.89. The summed E-state index contributed by atoms with van der Waals surface area (Å²) in [6, 6.07) is 1.51. The normalized spacial score (nSPS) is 11.5. The molecular formula is C10H6ClF5N2O. The summed E-state index contributed by atoms with van der Waals surface area (Å²) >= 11 is 5.38. The molecule has 0 aliphatic rings. The summed E-state index contributed by atoms with van der Waals surface area (Å²) in [7, 11) is 0. The molecule has 0 unspecified atom stereocenters. The van der Waals surface area contributed by atoms with Gasteiger partial charge in [-0.05, 0) is 0 Å². The van der Waals surface area contributed by atoms with Crippen molar-refractivity contribution in [2.45, 2.75) is 25.1 Å². The maximum atomic E-state index is 12.7. The van der Waals surface area contributed by atoms with E-state index in [2.05, 4.69) is 9.72 Å². The van der Waals surface area contributed by atoms with Crippen LogP contribution in [0.5, 0.6) is 5.75 Å². The first kappa shape index (κ1) is 15.4. The number of hydrogen-bond acceptors (Lipinski definition) is 3.